The summed E-state index contributed by atoms with van der Waals surface area (Å²) in [7, 11) is 0. The highest BCUT2D eigenvalue weighted by molar-refractivity contribution is 7.20. The summed E-state index contributed by atoms with van der Waals surface area (Å²) >= 11 is 13.0. The third-order valence-electron chi connectivity index (χ3n) is 2.95. The number of amides is 1. The minimum atomic E-state index is -0.321. The van der Waals surface area contributed by atoms with Crippen LogP contribution in [-0.2, 0) is 0 Å². The molecule has 2 aromatic heterocycles. The summed E-state index contributed by atoms with van der Waals surface area (Å²) in [4.78, 5) is 16.5. The van der Waals surface area contributed by atoms with E-state index in [4.69, 9.17) is 28.9 Å². The second kappa shape index (κ2) is 5.52. The fourth-order valence-corrected chi connectivity index (χ4v) is 3.45. The Bertz CT molecular complexity index is 847. The van der Waals surface area contributed by atoms with Crippen molar-refractivity contribution >= 4 is 62.7 Å². The third kappa shape index (κ3) is 2.68. The molecule has 0 radical (unpaired) electrons. The number of thiophene rings is 1. The predicted octanol–water partition coefficient (Wildman–Crippen LogP) is 4.44. The quantitative estimate of drug-likeness (QED) is 0.679. The SMILES string of the molecule is Nc1ccc(NC(=O)c2cc(Cl)sc2Cl)c2cccnc12. The van der Waals surface area contributed by atoms with E-state index in [9.17, 15) is 4.79 Å². The molecular weight excluding hydrogens is 329 g/mol. The first-order chi connectivity index (χ1) is 10.1. The zero-order valence-electron chi connectivity index (χ0n) is 10.6. The van der Waals surface area contributed by atoms with E-state index < -0.39 is 0 Å². The van der Waals surface area contributed by atoms with Gasteiger partial charge in [0.15, 0.2) is 0 Å². The van der Waals surface area contributed by atoms with Crippen molar-refractivity contribution in [3.05, 3.63) is 50.8 Å². The number of pyridine rings is 1. The van der Waals surface area contributed by atoms with Crippen LogP contribution in [0.3, 0.4) is 0 Å². The summed E-state index contributed by atoms with van der Waals surface area (Å²) in [5, 5.41) is 3.58. The Labute approximate surface area is 134 Å². The molecule has 3 aromatic rings. The van der Waals surface area contributed by atoms with E-state index in [-0.39, 0.29) is 5.91 Å². The van der Waals surface area contributed by atoms with Crippen molar-refractivity contribution in [2.75, 3.05) is 11.1 Å². The van der Waals surface area contributed by atoms with Crippen LogP contribution < -0.4 is 11.1 Å². The Morgan fingerprint density at radius 3 is 2.81 bits per heavy atom. The van der Waals surface area contributed by atoms with Gasteiger partial charge in [-0.3, -0.25) is 9.78 Å². The fourth-order valence-electron chi connectivity index (χ4n) is 1.99. The lowest BCUT2D eigenvalue weighted by atomic mass is 10.1. The van der Waals surface area contributed by atoms with Gasteiger partial charge in [-0.25, -0.2) is 0 Å². The summed E-state index contributed by atoms with van der Waals surface area (Å²) in [6.45, 7) is 0. The minimum Gasteiger partial charge on any atom is -0.397 e. The van der Waals surface area contributed by atoms with Crippen LogP contribution in [-0.4, -0.2) is 10.9 Å². The van der Waals surface area contributed by atoms with Gasteiger partial charge in [0.25, 0.3) is 5.91 Å². The van der Waals surface area contributed by atoms with Crippen molar-refractivity contribution in [1.82, 2.24) is 4.98 Å². The number of aromatic nitrogens is 1. The normalized spacial score (nSPS) is 10.8. The molecule has 106 valence electrons. The van der Waals surface area contributed by atoms with Crippen molar-refractivity contribution in [3.63, 3.8) is 0 Å². The van der Waals surface area contributed by atoms with Crippen LogP contribution in [0.1, 0.15) is 10.4 Å². The summed E-state index contributed by atoms with van der Waals surface area (Å²) in [5.41, 5.74) is 8.05. The Kier molecular flexibility index (Phi) is 3.71. The number of carbonyl (C=O) groups is 1. The molecular formula is C14H9Cl2N3OS. The van der Waals surface area contributed by atoms with E-state index in [1.807, 2.05) is 6.07 Å². The molecule has 0 atom stereocenters. The maximum absolute atomic E-state index is 12.3. The third-order valence-corrected chi connectivity index (χ3v) is 4.44. The van der Waals surface area contributed by atoms with Crippen molar-refractivity contribution in [2.45, 2.75) is 0 Å². The maximum Gasteiger partial charge on any atom is 0.258 e. The number of halogens is 2. The molecule has 0 spiro atoms. The highest BCUT2D eigenvalue weighted by Crippen LogP contribution is 2.32. The van der Waals surface area contributed by atoms with Gasteiger partial charge < -0.3 is 11.1 Å². The zero-order chi connectivity index (χ0) is 15.0. The highest BCUT2D eigenvalue weighted by atomic mass is 35.5. The van der Waals surface area contributed by atoms with Gasteiger partial charge in [0.1, 0.15) is 4.34 Å². The molecule has 0 bridgehead atoms. The number of hydrogen-bond acceptors (Lipinski definition) is 4. The van der Waals surface area contributed by atoms with E-state index in [1.165, 1.54) is 0 Å². The molecule has 3 rings (SSSR count). The second-order valence-corrected chi connectivity index (χ2v) is 6.58. The monoisotopic (exact) mass is 337 g/mol. The minimum absolute atomic E-state index is 0.321. The number of anilines is 2. The molecule has 0 aliphatic heterocycles. The number of rotatable bonds is 2. The number of nitrogens with zero attached hydrogens (tertiary/aromatic N) is 1. The fraction of sp³-hybridized carbons (Fsp3) is 0. The zero-order valence-corrected chi connectivity index (χ0v) is 12.9. The average molecular weight is 338 g/mol. The van der Waals surface area contributed by atoms with Gasteiger partial charge in [-0.15, -0.1) is 11.3 Å². The van der Waals surface area contributed by atoms with E-state index in [2.05, 4.69) is 10.3 Å². The first-order valence-electron chi connectivity index (χ1n) is 5.95. The summed E-state index contributed by atoms with van der Waals surface area (Å²) in [6, 6.07) is 8.61. The molecule has 0 saturated carbocycles. The molecule has 0 fully saturated rings. The van der Waals surface area contributed by atoms with Crippen LogP contribution in [0.15, 0.2) is 36.5 Å². The topological polar surface area (TPSA) is 68.0 Å². The molecule has 21 heavy (non-hydrogen) atoms. The Balaban J connectivity index is 2.01. The lowest BCUT2D eigenvalue weighted by molar-refractivity contribution is 0.102. The van der Waals surface area contributed by atoms with E-state index in [0.717, 1.165) is 16.7 Å². The Morgan fingerprint density at radius 1 is 1.29 bits per heavy atom. The molecule has 0 aliphatic carbocycles. The lowest BCUT2D eigenvalue weighted by Crippen LogP contribution is -2.12. The number of nitrogens with two attached hydrogens (primary N) is 1. The first-order valence-corrected chi connectivity index (χ1v) is 7.53. The predicted molar refractivity (Wildman–Crippen MR) is 88.4 cm³/mol. The number of hydrogen-bond donors (Lipinski definition) is 2. The van der Waals surface area contributed by atoms with Gasteiger partial charge in [-0.1, -0.05) is 23.2 Å². The van der Waals surface area contributed by atoms with Crippen LogP contribution in [0.2, 0.25) is 8.67 Å². The van der Waals surface area contributed by atoms with Gasteiger partial charge >= 0.3 is 0 Å². The number of benzene rings is 1. The molecule has 3 N–H and O–H groups in total. The van der Waals surface area contributed by atoms with Crippen LogP contribution in [0.4, 0.5) is 11.4 Å². The summed E-state index contributed by atoms with van der Waals surface area (Å²) < 4.78 is 0.823. The number of nitrogen functional groups attached to an aromatic ring is 1. The van der Waals surface area contributed by atoms with Gasteiger partial charge in [-0.2, -0.15) is 0 Å². The summed E-state index contributed by atoms with van der Waals surface area (Å²) in [6.07, 6.45) is 1.65. The standard InChI is InChI=1S/C14H9Cl2N3OS/c15-11-6-8(13(16)21-11)14(20)19-10-4-3-9(17)12-7(10)2-1-5-18-12/h1-6H,17H2,(H,19,20). The van der Waals surface area contributed by atoms with E-state index in [0.29, 0.717) is 31.1 Å². The van der Waals surface area contributed by atoms with Crippen LogP contribution in [0.5, 0.6) is 0 Å². The molecule has 1 aromatic carbocycles. The maximum atomic E-state index is 12.3. The molecule has 0 saturated heterocycles. The number of carbonyl (C=O) groups excluding carboxylic acids is 1. The Morgan fingerprint density at radius 2 is 2.10 bits per heavy atom. The smallest absolute Gasteiger partial charge is 0.258 e. The molecule has 2 heterocycles. The van der Waals surface area contributed by atoms with Crippen molar-refractivity contribution < 1.29 is 4.79 Å². The Hall–Kier alpha value is -1.82. The number of nitrogens with one attached hydrogen (secondary N) is 1. The van der Waals surface area contributed by atoms with Crippen LogP contribution >= 0.6 is 34.5 Å². The van der Waals surface area contributed by atoms with Crippen molar-refractivity contribution in [2.24, 2.45) is 0 Å². The van der Waals surface area contributed by atoms with Gasteiger partial charge in [0.05, 0.1) is 26.8 Å². The molecule has 4 nitrogen and oxygen atoms in total. The molecule has 0 unspecified atom stereocenters. The highest BCUT2D eigenvalue weighted by Gasteiger charge is 2.15. The van der Waals surface area contributed by atoms with Crippen molar-refractivity contribution in [3.8, 4) is 0 Å². The van der Waals surface area contributed by atoms with Gasteiger partial charge in [0, 0.05) is 11.6 Å². The molecule has 7 heteroatoms. The van der Waals surface area contributed by atoms with Gasteiger partial charge in [-0.05, 0) is 30.3 Å². The van der Waals surface area contributed by atoms with Gasteiger partial charge in [0.2, 0.25) is 0 Å². The lowest BCUT2D eigenvalue weighted by Gasteiger charge is -2.09. The largest absolute Gasteiger partial charge is 0.397 e. The first kappa shape index (κ1) is 14.1. The van der Waals surface area contributed by atoms with Crippen molar-refractivity contribution in [1.29, 1.82) is 0 Å². The average Bonchev–Trinajstić information content (AvgIpc) is 2.81. The van der Waals surface area contributed by atoms with E-state index in [1.54, 1.807) is 30.5 Å². The van der Waals surface area contributed by atoms with Crippen LogP contribution in [0.25, 0.3) is 10.9 Å². The van der Waals surface area contributed by atoms with E-state index >= 15 is 0 Å². The molecule has 1 amide bonds. The summed E-state index contributed by atoms with van der Waals surface area (Å²) in [5.74, 6) is -0.321. The second-order valence-electron chi connectivity index (χ2n) is 4.29. The van der Waals surface area contributed by atoms with Crippen LogP contribution in [0, 0.1) is 0 Å². The molecule has 0 aliphatic rings. The number of fused-ring (bicyclic) bond motifs is 1.